The maximum absolute atomic E-state index is 6.29. The quantitative estimate of drug-likeness (QED) is 0.306. The van der Waals surface area contributed by atoms with E-state index in [1.54, 1.807) is 7.11 Å². The van der Waals surface area contributed by atoms with Crippen LogP contribution in [-0.2, 0) is 10.3 Å². The molecule has 0 N–H and O–H groups in total. The van der Waals surface area contributed by atoms with Gasteiger partial charge in [0.2, 0.25) is 0 Å². The van der Waals surface area contributed by atoms with Gasteiger partial charge in [0.05, 0.1) is 12.0 Å². The molecular weight excluding hydrogens is 384 g/mol. The fourth-order valence-electron chi connectivity index (χ4n) is 3.41. The zero-order valence-electron chi connectivity index (χ0n) is 19.3. The Labute approximate surface area is 186 Å². The van der Waals surface area contributed by atoms with E-state index < -0.39 is 5.60 Å². The zero-order chi connectivity index (χ0) is 22.4. The molecule has 1 atom stereocenters. The molecule has 0 heterocycles. The fourth-order valence-corrected chi connectivity index (χ4v) is 3.41. The highest BCUT2D eigenvalue weighted by molar-refractivity contribution is 5.64. The minimum absolute atomic E-state index is 0.560. The lowest BCUT2D eigenvalue weighted by atomic mass is 9.88. The first-order chi connectivity index (χ1) is 14.9. The second kappa shape index (κ2) is 9.80. The lowest BCUT2D eigenvalue weighted by Gasteiger charge is -2.29. The summed E-state index contributed by atoms with van der Waals surface area (Å²) in [6.07, 6.45) is 1.86. The monoisotopic (exact) mass is 416 g/mol. The largest absolute Gasteiger partial charge is 0.457 e. The Morgan fingerprint density at radius 1 is 0.935 bits per heavy atom. The molecule has 0 aliphatic heterocycles. The second-order valence-electron chi connectivity index (χ2n) is 7.96. The molecule has 0 bridgehead atoms. The van der Waals surface area contributed by atoms with Gasteiger partial charge in [0.15, 0.2) is 0 Å². The summed E-state index contributed by atoms with van der Waals surface area (Å²) < 4.78 is 12.2. The summed E-state index contributed by atoms with van der Waals surface area (Å²) in [5.74, 6) is 1.61. The van der Waals surface area contributed by atoms with Gasteiger partial charge in [-0.2, -0.15) is 0 Å². The summed E-state index contributed by atoms with van der Waals surface area (Å²) >= 11 is 0. The normalized spacial score (nSPS) is 13.2. The Morgan fingerprint density at radius 3 is 2.32 bits per heavy atom. The fraction of sp³-hybridized carbons (Fsp3) is 0.296. The van der Waals surface area contributed by atoms with E-state index in [0.717, 1.165) is 46.0 Å². The Bertz CT molecular complexity index is 1050. The summed E-state index contributed by atoms with van der Waals surface area (Å²) in [5, 5.41) is 0. The van der Waals surface area contributed by atoms with Gasteiger partial charge in [-0.05, 0) is 74.2 Å². The summed E-state index contributed by atoms with van der Waals surface area (Å²) in [6.45, 7) is 9.20. The second-order valence-corrected chi connectivity index (χ2v) is 7.96. The van der Waals surface area contributed by atoms with Crippen molar-refractivity contribution in [2.45, 2.75) is 33.3 Å². The smallest absolute Gasteiger partial charge is 0.130 e. The van der Waals surface area contributed by atoms with Crippen molar-refractivity contribution in [3.05, 3.63) is 89.0 Å². The van der Waals surface area contributed by atoms with Gasteiger partial charge in [-0.3, -0.25) is 0 Å². The highest BCUT2D eigenvalue weighted by Gasteiger charge is 2.28. The van der Waals surface area contributed by atoms with Gasteiger partial charge in [-0.1, -0.05) is 42.5 Å². The minimum Gasteiger partial charge on any atom is -0.457 e. The lowest BCUT2D eigenvalue weighted by Crippen LogP contribution is -2.25. The van der Waals surface area contributed by atoms with E-state index in [1.807, 2.05) is 67.7 Å². The van der Waals surface area contributed by atoms with Crippen LogP contribution in [0.3, 0.4) is 0 Å². The number of aliphatic imine (C=N–C) groups is 1. The molecule has 1 unspecified atom stereocenters. The predicted molar refractivity (Wildman–Crippen MR) is 129 cm³/mol. The van der Waals surface area contributed by atoms with Crippen molar-refractivity contribution in [1.29, 1.82) is 0 Å². The van der Waals surface area contributed by atoms with Crippen molar-refractivity contribution in [2.75, 3.05) is 20.7 Å². The number of methoxy groups -OCH3 is 1. The summed E-state index contributed by atoms with van der Waals surface area (Å²) in [6, 6.07) is 22.5. The SMILES string of the molecule is CCN(C)/C=N/c1cc(C)c(Oc2cccc(C(C)(OC)c3ccccc3)c2)cc1C. The Balaban J connectivity index is 1.89. The van der Waals surface area contributed by atoms with E-state index in [0.29, 0.717) is 0 Å². The Kier molecular flexibility index (Phi) is 7.13. The van der Waals surface area contributed by atoms with Gasteiger partial charge in [0.25, 0.3) is 0 Å². The number of aryl methyl sites for hydroxylation is 2. The molecule has 0 aliphatic carbocycles. The Hall–Kier alpha value is -3.11. The molecule has 162 valence electrons. The molecule has 0 aliphatic rings. The van der Waals surface area contributed by atoms with Crippen molar-refractivity contribution < 1.29 is 9.47 Å². The third kappa shape index (κ3) is 5.15. The van der Waals surface area contributed by atoms with Crippen molar-refractivity contribution >= 4 is 12.0 Å². The standard InChI is InChI=1S/C27H32N2O2/c1-7-29(5)19-28-25-16-21(3)26(17-20(25)2)31-24-15-11-14-23(18-24)27(4,30-6)22-12-9-8-10-13-22/h8-19H,7H2,1-6H3/b28-19+. The number of ether oxygens (including phenoxy) is 2. The van der Waals surface area contributed by atoms with Crippen molar-refractivity contribution in [2.24, 2.45) is 4.99 Å². The maximum Gasteiger partial charge on any atom is 0.130 e. The van der Waals surface area contributed by atoms with E-state index in [-0.39, 0.29) is 0 Å². The van der Waals surface area contributed by atoms with Crippen LogP contribution in [0.1, 0.15) is 36.1 Å². The highest BCUT2D eigenvalue weighted by Crippen LogP contribution is 2.36. The van der Waals surface area contributed by atoms with Crippen LogP contribution in [0.15, 0.2) is 71.7 Å². The number of rotatable bonds is 8. The minimum atomic E-state index is -0.560. The van der Waals surface area contributed by atoms with Crippen LogP contribution in [0.25, 0.3) is 0 Å². The molecule has 3 aromatic rings. The third-order valence-corrected chi connectivity index (χ3v) is 5.73. The summed E-state index contributed by atoms with van der Waals surface area (Å²) in [4.78, 5) is 6.65. The van der Waals surface area contributed by atoms with Crippen LogP contribution in [0.4, 0.5) is 5.69 Å². The lowest BCUT2D eigenvalue weighted by molar-refractivity contribution is 0.0389. The molecule has 0 aromatic heterocycles. The van der Waals surface area contributed by atoms with Gasteiger partial charge in [0.1, 0.15) is 17.1 Å². The van der Waals surface area contributed by atoms with E-state index in [2.05, 4.69) is 50.0 Å². The van der Waals surface area contributed by atoms with E-state index in [1.165, 1.54) is 0 Å². The molecule has 4 nitrogen and oxygen atoms in total. The predicted octanol–water partition coefficient (Wildman–Crippen LogP) is 6.62. The van der Waals surface area contributed by atoms with Gasteiger partial charge in [0, 0.05) is 20.7 Å². The molecule has 4 heteroatoms. The van der Waals surface area contributed by atoms with E-state index in [9.17, 15) is 0 Å². The number of nitrogens with zero attached hydrogens (tertiary/aromatic N) is 2. The van der Waals surface area contributed by atoms with Crippen LogP contribution in [-0.4, -0.2) is 31.9 Å². The van der Waals surface area contributed by atoms with Gasteiger partial charge >= 0.3 is 0 Å². The van der Waals surface area contributed by atoms with Crippen LogP contribution in [0.5, 0.6) is 11.5 Å². The highest BCUT2D eigenvalue weighted by atomic mass is 16.5. The first kappa shape index (κ1) is 22.6. The first-order valence-corrected chi connectivity index (χ1v) is 10.6. The molecule has 0 amide bonds. The van der Waals surface area contributed by atoms with Crippen LogP contribution in [0, 0.1) is 13.8 Å². The van der Waals surface area contributed by atoms with Crippen LogP contribution >= 0.6 is 0 Å². The summed E-state index contributed by atoms with van der Waals surface area (Å²) in [5.41, 5.74) is 4.64. The third-order valence-electron chi connectivity index (χ3n) is 5.73. The van der Waals surface area contributed by atoms with Crippen LogP contribution in [0.2, 0.25) is 0 Å². The van der Waals surface area contributed by atoms with E-state index >= 15 is 0 Å². The van der Waals surface area contributed by atoms with Crippen LogP contribution < -0.4 is 4.74 Å². The van der Waals surface area contributed by atoms with Crippen molar-refractivity contribution in [3.8, 4) is 11.5 Å². The summed E-state index contributed by atoms with van der Waals surface area (Å²) in [7, 11) is 3.75. The number of benzene rings is 3. The molecular formula is C27H32N2O2. The molecule has 0 spiro atoms. The van der Waals surface area contributed by atoms with Crippen molar-refractivity contribution in [3.63, 3.8) is 0 Å². The molecule has 0 saturated carbocycles. The topological polar surface area (TPSA) is 34.1 Å². The van der Waals surface area contributed by atoms with Gasteiger partial charge in [-0.15, -0.1) is 0 Å². The number of hydrogen-bond donors (Lipinski definition) is 0. The first-order valence-electron chi connectivity index (χ1n) is 10.6. The Morgan fingerprint density at radius 2 is 1.65 bits per heavy atom. The number of hydrogen-bond acceptors (Lipinski definition) is 3. The van der Waals surface area contributed by atoms with Gasteiger partial charge < -0.3 is 14.4 Å². The average Bonchev–Trinajstić information content (AvgIpc) is 2.80. The molecule has 3 rings (SSSR count). The van der Waals surface area contributed by atoms with E-state index in [4.69, 9.17) is 9.47 Å². The maximum atomic E-state index is 6.29. The zero-order valence-corrected chi connectivity index (χ0v) is 19.3. The molecule has 0 radical (unpaired) electrons. The van der Waals surface area contributed by atoms with Crippen molar-refractivity contribution in [1.82, 2.24) is 4.90 Å². The van der Waals surface area contributed by atoms with Gasteiger partial charge in [-0.25, -0.2) is 4.99 Å². The molecule has 31 heavy (non-hydrogen) atoms. The molecule has 0 saturated heterocycles. The molecule has 0 fully saturated rings. The molecule has 3 aromatic carbocycles. The average molecular weight is 417 g/mol.